The second-order valence-corrected chi connectivity index (χ2v) is 16.2. The maximum absolute atomic E-state index is 13.6. The van der Waals surface area contributed by atoms with Crippen LogP contribution in [-0.2, 0) is 24.9 Å². The average molecular weight is 495 g/mol. The lowest BCUT2D eigenvalue weighted by molar-refractivity contribution is -0.138. The lowest BCUT2D eigenvalue weighted by atomic mass is 9.67. The van der Waals surface area contributed by atoms with Gasteiger partial charge in [-0.25, -0.2) is 4.90 Å². The summed E-state index contributed by atoms with van der Waals surface area (Å²) >= 11 is 0. The van der Waals surface area contributed by atoms with Crippen molar-refractivity contribution in [2.24, 2.45) is 11.8 Å². The molecule has 1 aromatic carbocycles. The van der Waals surface area contributed by atoms with Gasteiger partial charge in [-0.05, 0) is 50.2 Å². The Morgan fingerprint density at radius 3 is 2.26 bits per heavy atom. The molecule has 3 aliphatic rings. The first-order valence-electron chi connectivity index (χ1n) is 11.2. The van der Waals surface area contributed by atoms with E-state index >= 15 is 0 Å². The lowest BCUT2D eigenvalue weighted by Crippen LogP contribution is -2.55. The van der Waals surface area contributed by atoms with Gasteiger partial charge < -0.3 is 9.16 Å². The van der Waals surface area contributed by atoms with Crippen LogP contribution in [0.1, 0.15) is 52.2 Å². The topological polar surface area (TPSA) is 79.6 Å². The summed E-state index contributed by atoms with van der Waals surface area (Å²) < 4.78 is 53.5. The number of amides is 2. The van der Waals surface area contributed by atoms with Gasteiger partial charge >= 0.3 is 6.18 Å². The third-order valence-corrected chi connectivity index (χ3v) is 12.7. The van der Waals surface area contributed by atoms with E-state index in [1.54, 1.807) is 13.8 Å². The molecule has 6 nitrogen and oxygen atoms in total. The van der Waals surface area contributed by atoms with Gasteiger partial charge in [-0.3, -0.25) is 9.59 Å². The van der Waals surface area contributed by atoms with Gasteiger partial charge in [-0.2, -0.15) is 18.4 Å². The maximum atomic E-state index is 13.6. The average Bonchev–Trinajstić information content (AvgIpc) is 3.20. The number of alkyl halides is 3. The Morgan fingerprint density at radius 1 is 1.15 bits per heavy atom. The number of anilines is 1. The molecule has 3 saturated heterocycles. The van der Waals surface area contributed by atoms with Crippen molar-refractivity contribution in [3.8, 4) is 6.07 Å². The number of benzene rings is 1. The molecule has 0 aromatic heterocycles. The molecule has 0 spiro atoms. The molecule has 0 radical (unpaired) electrons. The molecule has 4 rings (SSSR count). The third-order valence-electron chi connectivity index (χ3n) is 8.19. The van der Waals surface area contributed by atoms with E-state index in [1.807, 2.05) is 0 Å². The predicted molar refractivity (Wildman–Crippen MR) is 120 cm³/mol. The zero-order valence-corrected chi connectivity index (χ0v) is 21.3. The van der Waals surface area contributed by atoms with Gasteiger partial charge in [0, 0.05) is 6.42 Å². The Hall–Kier alpha value is -2.22. The molecule has 10 heteroatoms. The summed E-state index contributed by atoms with van der Waals surface area (Å²) in [6, 6.07) is 4.42. The second-order valence-electron chi connectivity index (χ2n) is 11.5. The maximum Gasteiger partial charge on any atom is 0.417 e. The summed E-state index contributed by atoms with van der Waals surface area (Å²) in [5.74, 6) is -2.85. The Bertz CT molecular complexity index is 1120. The number of imide groups is 1. The van der Waals surface area contributed by atoms with Crippen molar-refractivity contribution in [2.75, 3.05) is 4.90 Å². The molecule has 0 aliphatic carbocycles. The molecule has 3 fully saturated rings. The Balaban J connectivity index is 1.73. The number of nitrogens with zero attached hydrogens (tertiary/aromatic N) is 2. The molecule has 3 heterocycles. The van der Waals surface area contributed by atoms with E-state index < -0.39 is 66.6 Å². The van der Waals surface area contributed by atoms with E-state index in [4.69, 9.17) is 14.4 Å². The van der Waals surface area contributed by atoms with Crippen LogP contribution in [-0.4, -0.2) is 37.4 Å². The van der Waals surface area contributed by atoms with Crippen LogP contribution in [0.15, 0.2) is 18.2 Å². The van der Waals surface area contributed by atoms with Crippen LogP contribution in [0, 0.1) is 23.2 Å². The molecule has 2 bridgehead atoms. The van der Waals surface area contributed by atoms with Crippen LogP contribution < -0.4 is 4.90 Å². The van der Waals surface area contributed by atoms with Crippen molar-refractivity contribution >= 4 is 25.8 Å². The van der Waals surface area contributed by atoms with Crippen LogP contribution >= 0.6 is 0 Å². The van der Waals surface area contributed by atoms with E-state index in [-0.39, 0.29) is 10.7 Å². The molecule has 184 valence electrons. The molecular formula is C24H29F3N2O4Si. The van der Waals surface area contributed by atoms with E-state index in [1.165, 1.54) is 12.1 Å². The van der Waals surface area contributed by atoms with Crippen LogP contribution in [0.5, 0.6) is 0 Å². The largest absolute Gasteiger partial charge is 0.417 e. The molecule has 5 atom stereocenters. The van der Waals surface area contributed by atoms with Crippen molar-refractivity contribution in [2.45, 2.75) is 82.7 Å². The first-order valence-corrected chi connectivity index (χ1v) is 14.2. The van der Waals surface area contributed by atoms with Crippen molar-refractivity contribution in [1.29, 1.82) is 5.26 Å². The van der Waals surface area contributed by atoms with E-state index in [0.717, 1.165) is 11.0 Å². The SMILES string of the molecule is CC12C[C@@H](O[Si](C)(C)C(C)(C)C)C(C)(O1)[C@@H]1C(=O)N(c3ccc(C#N)c(C(F)(F)F)c3)C(=O)[C@@H]12. The number of hydrogen-bond acceptors (Lipinski definition) is 5. The number of hydrogen-bond donors (Lipinski definition) is 0. The summed E-state index contributed by atoms with van der Waals surface area (Å²) in [4.78, 5) is 27.9. The van der Waals surface area contributed by atoms with Crippen LogP contribution in [0.3, 0.4) is 0 Å². The fourth-order valence-electron chi connectivity index (χ4n) is 5.45. The van der Waals surface area contributed by atoms with Crippen molar-refractivity contribution in [1.82, 2.24) is 0 Å². The zero-order chi connectivity index (χ0) is 25.6. The van der Waals surface area contributed by atoms with Gasteiger partial charge in [-0.1, -0.05) is 20.8 Å². The molecule has 3 aliphatic heterocycles. The Labute approximate surface area is 198 Å². The van der Waals surface area contributed by atoms with E-state index in [9.17, 15) is 22.8 Å². The number of fused-ring (bicyclic) bond motifs is 5. The minimum absolute atomic E-state index is 0.0798. The van der Waals surface area contributed by atoms with E-state index in [0.29, 0.717) is 12.5 Å². The highest BCUT2D eigenvalue weighted by atomic mass is 28.4. The monoisotopic (exact) mass is 494 g/mol. The molecule has 0 saturated carbocycles. The molecule has 34 heavy (non-hydrogen) atoms. The highest BCUT2D eigenvalue weighted by molar-refractivity contribution is 6.74. The smallest absolute Gasteiger partial charge is 0.411 e. The normalized spacial score (nSPS) is 33.4. The number of nitriles is 1. The fourth-order valence-corrected chi connectivity index (χ4v) is 6.83. The van der Waals surface area contributed by atoms with Gasteiger partial charge in [-0.15, -0.1) is 0 Å². The van der Waals surface area contributed by atoms with Gasteiger partial charge in [0.1, 0.15) is 5.60 Å². The minimum Gasteiger partial charge on any atom is -0.411 e. The number of carbonyl (C=O) groups excluding carboxylic acids is 2. The summed E-state index contributed by atoms with van der Waals surface area (Å²) in [6.07, 6.45) is -4.79. The van der Waals surface area contributed by atoms with Crippen LogP contribution in [0.25, 0.3) is 0 Å². The number of carbonyl (C=O) groups is 2. The fraction of sp³-hybridized carbons (Fsp3) is 0.625. The summed E-state index contributed by atoms with van der Waals surface area (Å²) in [6.45, 7) is 14.1. The summed E-state index contributed by atoms with van der Waals surface area (Å²) in [5.41, 5.74) is -3.98. The Kier molecular flexibility index (Phi) is 5.23. The van der Waals surface area contributed by atoms with Crippen LogP contribution in [0.4, 0.5) is 18.9 Å². The minimum atomic E-state index is -4.80. The molecule has 2 unspecified atom stereocenters. The summed E-state index contributed by atoms with van der Waals surface area (Å²) in [5, 5.41) is 8.99. The zero-order valence-electron chi connectivity index (χ0n) is 20.3. The second kappa shape index (κ2) is 7.15. The van der Waals surface area contributed by atoms with Crippen molar-refractivity contribution in [3.63, 3.8) is 0 Å². The first-order chi connectivity index (χ1) is 15.4. The molecular weight excluding hydrogens is 465 g/mol. The standard InChI is InChI=1S/C24H29F3N2O4Si/c1-21(2,3)34(6,7)32-16-11-22(4)17-18(23(16,5)33-22)20(31)29(19(17)30)14-9-8-13(12-28)15(10-14)24(25,26)27/h8-10,16-18H,11H2,1-7H3/t16-,17-,18+,22?,23?/m1/s1. The number of halogens is 3. The molecule has 0 N–H and O–H groups in total. The lowest BCUT2D eigenvalue weighted by Gasteiger charge is -2.44. The van der Waals surface area contributed by atoms with Crippen molar-refractivity contribution < 1.29 is 31.9 Å². The Morgan fingerprint density at radius 2 is 1.74 bits per heavy atom. The highest BCUT2D eigenvalue weighted by Crippen LogP contribution is 2.62. The van der Waals surface area contributed by atoms with Gasteiger partial charge in [0.05, 0.1) is 46.4 Å². The first kappa shape index (κ1) is 24.9. The van der Waals surface area contributed by atoms with E-state index in [2.05, 4.69) is 33.9 Å². The number of rotatable bonds is 3. The van der Waals surface area contributed by atoms with Gasteiger partial charge in [0.15, 0.2) is 8.32 Å². The molecule has 2 amide bonds. The van der Waals surface area contributed by atoms with Gasteiger partial charge in [0.2, 0.25) is 11.8 Å². The third kappa shape index (κ3) is 3.35. The van der Waals surface area contributed by atoms with Gasteiger partial charge in [0.25, 0.3) is 0 Å². The summed E-state index contributed by atoms with van der Waals surface area (Å²) in [7, 11) is -2.24. The highest BCUT2D eigenvalue weighted by Gasteiger charge is 2.76. The predicted octanol–water partition coefficient (Wildman–Crippen LogP) is 5.02. The quantitative estimate of drug-likeness (QED) is 0.435. The van der Waals surface area contributed by atoms with Crippen molar-refractivity contribution in [3.05, 3.63) is 29.3 Å². The molecule has 1 aromatic rings. The van der Waals surface area contributed by atoms with Crippen LogP contribution in [0.2, 0.25) is 18.1 Å². The number of ether oxygens (including phenoxy) is 1.